The van der Waals surface area contributed by atoms with Gasteiger partial charge in [0.05, 0.1) is 51.3 Å². The number of aromatic nitrogens is 2. The number of hydrogen-bond donors (Lipinski definition) is 0. The molecule has 230 valence electrons. The first kappa shape index (κ1) is 27.1. The highest BCUT2D eigenvalue weighted by molar-refractivity contribution is 6.31. The second kappa shape index (κ2) is 9.38. The lowest BCUT2D eigenvalue weighted by atomic mass is 9.93. The average molecular weight is 635 g/mol. The van der Waals surface area contributed by atoms with Crippen molar-refractivity contribution in [3.05, 3.63) is 149 Å². The first-order chi connectivity index (χ1) is 24.6. The molecule has 0 N–H and O–H groups in total. The largest absolute Gasteiger partial charge is 0.308 e. The molecular weight excluding hydrogens is 609 g/mol. The maximum atomic E-state index is 9.76. The van der Waals surface area contributed by atoms with Crippen LogP contribution in [0.2, 0.25) is 0 Å². The van der Waals surface area contributed by atoms with E-state index in [1.165, 1.54) is 76.2 Å². The lowest BCUT2D eigenvalue weighted by Crippen LogP contribution is -1.87. The van der Waals surface area contributed by atoms with Crippen molar-refractivity contribution in [2.75, 3.05) is 0 Å². The van der Waals surface area contributed by atoms with Crippen LogP contribution in [-0.2, 0) is 0 Å². The molecule has 4 heteroatoms. The van der Waals surface area contributed by atoms with Crippen LogP contribution in [0.3, 0.4) is 0 Å². The standard InChI is InChI=1S/C46H26N4/c1-25-12-14-27(24-47)20-35(25)29-16-18-31-37-22-42-38(23-41(37)49-39-10-6-4-8-33(39)43(29)45(31)49)32-19-17-30(36-21-28(48-3)15-13-26(36)2)44-34-9-5-7-11-40(34)50(42)46(32)44/h4-23H,1-2H3. The van der Waals surface area contributed by atoms with E-state index in [4.69, 9.17) is 6.57 Å². The van der Waals surface area contributed by atoms with E-state index in [0.717, 1.165) is 33.4 Å². The smallest absolute Gasteiger partial charge is 0.187 e. The maximum absolute atomic E-state index is 9.76. The van der Waals surface area contributed by atoms with Gasteiger partial charge in [-0.2, -0.15) is 5.26 Å². The molecule has 0 atom stereocenters. The predicted octanol–water partition coefficient (Wildman–Crippen LogP) is 12.4. The quantitative estimate of drug-likeness (QED) is 0.174. The normalized spacial score (nSPS) is 12.2. The zero-order valence-electron chi connectivity index (χ0n) is 27.3. The Bertz CT molecular complexity index is 3130. The number of benzene rings is 7. The Balaban J connectivity index is 1.30. The van der Waals surface area contributed by atoms with Crippen molar-refractivity contribution in [3.8, 4) is 28.3 Å². The van der Waals surface area contributed by atoms with Gasteiger partial charge in [0.15, 0.2) is 5.69 Å². The highest BCUT2D eigenvalue weighted by atomic mass is 14.9. The molecule has 0 spiro atoms. The SMILES string of the molecule is [C-]#[N+]c1ccc(C)c(-c2ccc3c4cc5c(cc4n4c6ccccc6c2c34)c2ccc(-c3cc(C#N)ccc3C)c3c4ccccc4n5c23)c1. The predicted molar refractivity (Wildman–Crippen MR) is 207 cm³/mol. The fraction of sp³-hybridized carbons (Fsp3) is 0.0435. The van der Waals surface area contributed by atoms with Gasteiger partial charge in [0.1, 0.15) is 0 Å². The van der Waals surface area contributed by atoms with Crippen molar-refractivity contribution in [1.29, 1.82) is 5.26 Å². The van der Waals surface area contributed by atoms with Crippen molar-refractivity contribution in [2.45, 2.75) is 13.8 Å². The molecule has 4 aromatic heterocycles. The Morgan fingerprint density at radius 3 is 1.56 bits per heavy atom. The van der Waals surface area contributed by atoms with Crippen LogP contribution in [0.1, 0.15) is 16.7 Å². The van der Waals surface area contributed by atoms with Gasteiger partial charge in [0.2, 0.25) is 0 Å². The summed E-state index contributed by atoms with van der Waals surface area (Å²) in [6, 6.07) is 45.6. The first-order valence-corrected chi connectivity index (χ1v) is 16.9. The van der Waals surface area contributed by atoms with Gasteiger partial charge >= 0.3 is 0 Å². The molecule has 0 amide bonds. The van der Waals surface area contributed by atoms with Gasteiger partial charge in [-0.3, -0.25) is 0 Å². The van der Waals surface area contributed by atoms with E-state index in [2.05, 4.69) is 131 Å². The average Bonchev–Trinajstić information content (AvgIpc) is 3.88. The number of fused-ring (bicyclic) bond motifs is 12. The highest BCUT2D eigenvalue weighted by Crippen LogP contribution is 2.48. The van der Waals surface area contributed by atoms with Crippen molar-refractivity contribution in [3.63, 3.8) is 0 Å². The lowest BCUT2D eigenvalue weighted by Gasteiger charge is -2.10. The number of aryl methyl sites for hydroxylation is 2. The monoisotopic (exact) mass is 634 g/mol. The number of rotatable bonds is 2. The topological polar surface area (TPSA) is 37.0 Å². The molecule has 4 heterocycles. The van der Waals surface area contributed by atoms with E-state index in [9.17, 15) is 5.26 Å². The third kappa shape index (κ3) is 3.23. The number of nitrogens with zero attached hydrogens (tertiary/aromatic N) is 4. The number of para-hydroxylation sites is 2. The third-order valence-corrected chi connectivity index (χ3v) is 11.1. The van der Waals surface area contributed by atoms with Crippen LogP contribution >= 0.6 is 0 Å². The van der Waals surface area contributed by atoms with Crippen molar-refractivity contribution in [1.82, 2.24) is 8.80 Å². The van der Waals surface area contributed by atoms with E-state index in [0.29, 0.717) is 11.3 Å². The minimum atomic E-state index is 0.654. The highest BCUT2D eigenvalue weighted by Gasteiger charge is 2.25. The molecule has 0 aliphatic rings. The van der Waals surface area contributed by atoms with Crippen molar-refractivity contribution < 1.29 is 0 Å². The number of nitriles is 1. The van der Waals surface area contributed by atoms with Gasteiger partial charge in [0, 0.05) is 43.1 Å². The van der Waals surface area contributed by atoms with Gasteiger partial charge in [-0.25, -0.2) is 4.85 Å². The zero-order valence-corrected chi connectivity index (χ0v) is 27.3. The van der Waals surface area contributed by atoms with E-state index < -0.39 is 0 Å². The first-order valence-electron chi connectivity index (χ1n) is 16.9. The fourth-order valence-electron chi connectivity index (χ4n) is 8.91. The molecule has 11 aromatic rings. The molecule has 11 rings (SSSR count). The van der Waals surface area contributed by atoms with Crippen LogP contribution in [0, 0.1) is 31.8 Å². The molecule has 0 saturated heterocycles. The Hall–Kier alpha value is -6.88. The molecule has 0 radical (unpaired) electrons. The van der Waals surface area contributed by atoms with Gasteiger partial charge in [-0.15, -0.1) is 0 Å². The van der Waals surface area contributed by atoms with Crippen molar-refractivity contribution in [2.24, 2.45) is 0 Å². The number of hydrogen-bond acceptors (Lipinski definition) is 1. The molecule has 0 aliphatic carbocycles. The molecule has 0 saturated carbocycles. The Morgan fingerprint density at radius 1 is 0.500 bits per heavy atom. The van der Waals surface area contributed by atoms with E-state index in [-0.39, 0.29) is 0 Å². The summed E-state index contributed by atoms with van der Waals surface area (Å²) in [7, 11) is 0. The molecule has 0 unspecified atom stereocenters. The van der Waals surface area contributed by atoms with Crippen LogP contribution in [0.25, 0.3) is 103 Å². The van der Waals surface area contributed by atoms with Gasteiger partial charge in [-0.05, 0) is 89.7 Å². The van der Waals surface area contributed by atoms with Crippen LogP contribution < -0.4 is 0 Å². The van der Waals surface area contributed by atoms with E-state index in [1.807, 2.05) is 24.3 Å². The summed E-state index contributed by atoms with van der Waals surface area (Å²) in [5, 5.41) is 19.6. The summed E-state index contributed by atoms with van der Waals surface area (Å²) >= 11 is 0. The van der Waals surface area contributed by atoms with Crippen LogP contribution in [0.15, 0.2) is 121 Å². The summed E-state index contributed by atoms with van der Waals surface area (Å²) in [5.41, 5.74) is 15.4. The minimum absolute atomic E-state index is 0.654. The molecule has 4 nitrogen and oxygen atoms in total. The van der Waals surface area contributed by atoms with Crippen LogP contribution in [-0.4, -0.2) is 8.80 Å². The van der Waals surface area contributed by atoms with Gasteiger partial charge < -0.3 is 8.80 Å². The van der Waals surface area contributed by atoms with Crippen LogP contribution in [0.4, 0.5) is 5.69 Å². The Morgan fingerprint density at radius 2 is 1.02 bits per heavy atom. The summed E-state index contributed by atoms with van der Waals surface area (Å²) in [5.74, 6) is 0. The van der Waals surface area contributed by atoms with E-state index in [1.54, 1.807) is 0 Å². The summed E-state index contributed by atoms with van der Waals surface area (Å²) in [6.07, 6.45) is 0. The summed E-state index contributed by atoms with van der Waals surface area (Å²) < 4.78 is 4.92. The Labute approximate surface area is 286 Å². The molecule has 50 heavy (non-hydrogen) atoms. The van der Waals surface area contributed by atoms with Crippen LogP contribution in [0.5, 0.6) is 0 Å². The zero-order chi connectivity index (χ0) is 33.4. The summed E-state index contributed by atoms with van der Waals surface area (Å²) in [6.45, 7) is 11.9. The van der Waals surface area contributed by atoms with Gasteiger partial charge in [-0.1, -0.05) is 78.9 Å². The minimum Gasteiger partial charge on any atom is -0.308 e. The third-order valence-electron chi connectivity index (χ3n) is 11.1. The second-order valence-electron chi connectivity index (χ2n) is 13.6. The van der Waals surface area contributed by atoms with Gasteiger partial charge in [0.25, 0.3) is 0 Å². The molecule has 7 aromatic carbocycles. The molecule has 0 aliphatic heterocycles. The van der Waals surface area contributed by atoms with Crippen molar-refractivity contribution >= 4 is 81.9 Å². The molecular formula is C46H26N4. The molecule has 0 bridgehead atoms. The maximum Gasteiger partial charge on any atom is 0.187 e. The molecule has 0 fully saturated rings. The second-order valence-corrected chi connectivity index (χ2v) is 13.6. The Kier molecular flexibility index (Phi) is 5.09. The van der Waals surface area contributed by atoms with E-state index >= 15 is 0 Å². The summed E-state index contributed by atoms with van der Waals surface area (Å²) in [4.78, 5) is 3.76. The lowest BCUT2D eigenvalue weighted by molar-refractivity contribution is 1.36. The fourth-order valence-corrected chi connectivity index (χ4v) is 8.91.